The molecule has 2 rings (SSSR count). The van der Waals surface area contributed by atoms with Crippen molar-refractivity contribution < 1.29 is 9.84 Å². The Bertz CT molecular complexity index is 405. The summed E-state index contributed by atoms with van der Waals surface area (Å²) in [6.07, 6.45) is 4.69. The van der Waals surface area contributed by atoms with Gasteiger partial charge in [-0.2, -0.15) is 0 Å². The molecule has 4 heteroatoms. The zero-order valence-electron chi connectivity index (χ0n) is 12.3. The minimum Gasteiger partial charge on any atom is -0.491 e. The van der Waals surface area contributed by atoms with Crippen LogP contribution in [0.5, 0.6) is 5.75 Å². The molecular weight excluding hydrogens is 252 g/mol. The molecule has 0 spiro atoms. The summed E-state index contributed by atoms with van der Waals surface area (Å²) in [7, 11) is 0. The van der Waals surface area contributed by atoms with Crippen molar-refractivity contribution in [3.63, 3.8) is 0 Å². The molecule has 1 aliphatic carbocycles. The van der Waals surface area contributed by atoms with Crippen LogP contribution < -0.4 is 10.5 Å². The highest BCUT2D eigenvalue weighted by Crippen LogP contribution is 2.23. The number of nitrogens with two attached hydrogens (primary N) is 1. The van der Waals surface area contributed by atoms with Crippen LogP contribution in [0.25, 0.3) is 0 Å². The van der Waals surface area contributed by atoms with E-state index < -0.39 is 6.10 Å². The average molecular weight is 278 g/mol. The second kappa shape index (κ2) is 7.50. The van der Waals surface area contributed by atoms with Crippen LogP contribution in [0, 0.1) is 0 Å². The van der Waals surface area contributed by atoms with Gasteiger partial charge in [-0.15, -0.1) is 0 Å². The first kappa shape index (κ1) is 15.1. The average Bonchev–Trinajstić information content (AvgIpc) is 2.96. The van der Waals surface area contributed by atoms with Crippen molar-refractivity contribution in [2.24, 2.45) is 0 Å². The van der Waals surface area contributed by atoms with Crippen LogP contribution in [-0.2, 0) is 0 Å². The lowest BCUT2D eigenvalue weighted by Gasteiger charge is -2.29. The molecule has 0 aromatic heterocycles. The molecule has 4 nitrogen and oxygen atoms in total. The van der Waals surface area contributed by atoms with E-state index in [1.54, 1.807) is 6.07 Å². The second-order valence-electron chi connectivity index (χ2n) is 5.56. The maximum absolute atomic E-state index is 10.1. The maximum atomic E-state index is 10.1. The van der Waals surface area contributed by atoms with E-state index >= 15 is 0 Å². The summed E-state index contributed by atoms with van der Waals surface area (Å²) in [5.41, 5.74) is 6.38. The third kappa shape index (κ3) is 4.39. The number of hydrogen-bond acceptors (Lipinski definition) is 4. The topological polar surface area (TPSA) is 58.7 Å². The van der Waals surface area contributed by atoms with Crippen molar-refractivity contribution in [1.29, 1.82) is 0 Å². The molecule has 1 aliphatic rings. The number of anilines is 1. The third-order valence-electron chi connectivity index (χ3n) is 3.99. The number of likely N-dealkylation sites (N-methyl/N-ethyl adjacent to an activating group) is 1. The summed E-state index contributed by atoms with van der Waals surface area (Å²) in [6, 6.07) is 7.96. The van der Waals surface area contributed by atoms with E-state index in [2.05, 4.69) is 11.8 Å². The molecule has 1 unspecified atom stereocenters. The van der Waals surface area contributed by atoms with Crippen LogP contribution in [0.4, 0.5) is 5.69 Å². The van der Waals surface area contributed by atoms with Crippen LogP contribution in [-0.4, -0.2) is 41.8 Å². The van der Waals surface area contributed by atoms with E-state index in [1.165, 1.54) is 25.7 Å². The zero-order valence-corrected chi connectivity index (χ0v) is 12.3. The van der Waals surface area contributed by atoms with Crippen molar-refractivity contribution in [2.45, 2.75) is 44.8 Å². The molecule has 1 fully saturated rings. The van der Waals surface area contributed by atoms with E-state index in [1.807, 2.05) is 18.2 Å². The van der Waals surface area contributed by atoms with Gasteiger partial charge in [0.15, 0.2) is 0 Å². The molecule has 1 aromatic carbocycles. The van der Waals surface area contributed by atoms with E-state index in [4.69, 9.17) is 10.5 Å². The van der Waals surface area contributed by atoms with Crippen molar-refractivity contribution in [2.75, 3.05) is 25.4 Å². The first-order valence-electron chi connectivity index (χ1n) is 7.59. The highest BCUT2D eigenvalue weighted by Gasteiger charge is 2.23. The Morgan fingerprint density at radius 2 is 2.15 bits per heavy atom. The van der Waals surface area contributed by atoms with E-state index in [-0.39, 0.29) is 0 Å². The molecule has 20 heavy (non-hydrogen) atoms. The highest BCUT2D eigenvalue weighted by atomic mass is 16.5. The van der Waals surface area contributed by atoms with Crippen LogP contribution in [0.2, 0.25) is 0 Å². The number of rotatable bonds is 7. The third-order valence-corrected chi connectivity index (χ3v) is 3.99. The summed E-state index contributed by atoms with van der Waals surface area (Å²) >= 11 is 0. The van der Waals surface area contributed by atoms with Gasteiger partial charge in [0.05, 0.1) is 0 Å². The van der Waals surface area contributed by atoms with Gasteiger partial charge in [0.1, 0.15) is 18.5 Å². The molecule has 1 saturated carbocycles. The lowest BCUT2D eigenvalue weighted by atomic mass is 10.2. The largest absolute Gasteiger partial charge is 0.491 e. The number of ether oxygens (including phenoxy) is 1. The predicted molar refractivity (Wildman–Crippen MR) is 81.9 cm³/mol. The summed E-state index contributed by atoms with van der Waals surface area (Å²) < 4.78 is 5.60. The van der Waals surface area contributed by atoms with Gasteiger partial charge in [-0.25, -0.2) is 0 Å². The van der Waals surface area contributed by atoms with Gasteiger partial charge in [0, 0.05) is 24.3 Å². The molecule has 3 N–H and O–H groups in total. The molecule has 0 radical (unpaired) electrons. The second-order valence-corrected chi connectivity index (χ2v) is 5.56. The van der Waals surface area contributed by atoms with Crippen molar-refractivity contribution in [1.82, 2.24) is 4.90 Å². The van der Waals surface area contributed by atoms with Crippen LogP contribution in [0.15, 0.2) is 24.3 Å². The molecule has 0 saturated heterocycles. The number of hydrogen-bond donors (Lipinski definition) is 2. The van der Waals surface area contributed by atoms with Crippen LogP contribution in [0.1, 0.15) is 32.6 Å². The summed E-state index contributed by atoms with van der Waals surface area (Å²) in [5.74, 6) is 0.716. The number of nitrogens with zero attached hydrogens (tertiary/aromatic N) is 1. The monoisotopic (exact) mass is 278 g/mol. The Kier molecular flexibility index (Phi) is 5.68. The summed E-state index contributed by atoms with van der Waals surface area (Å²) in [4.78, 5) is 2.38. The lowest BCUT2D eigenvalue weighted by Crippen LogP contribution is -2.41. The molecule has 112 valence electrons. The number of aliphatic hydroxyl groups is 1. The van der Waals surface area contributed by atoms with Gasteiger partial charge >= 0.3 is 0 Å². The molecule has 0 heterocycles. The fourth-order valence-corrected chi connectivity index (χ4v) is 2.93. The molecule has 1 atom stereocenters. The predicted octanol–water partition coefficient (Wildman–Crippen LogP) is 2.27. The number of aliphatic hydroxyl groups excluding tert-OH is 1. The number of nitrogen functional groups attached to an aromatic ring is 1. The van der Waals surface area contributed by atoms with Gasteiger partial charge in [-0.3, -0.25) is 4.90 Å². The minimum atomic E-state index is -0.461. The number of benzene rings is 1. The normalized spacial score (nSPS) is 17.6. The minimum absolute atomic E-state index is 0.312. The van der Waals surface area contributed by atoms with Crippen molar-refractivity contribution in [3.05, 3.63) is 24.3 Å². The maximum Gasteiger partial charge on any atom is 0.121 e. The Morgan fingerprint density at radius 1 is 1.40 bits per heavy atom. The molecule has 0 aliphatic heterocycles. The van der Waals surface area contributed by atoms with Crippen LogP contribution in [0.3, 0.4) is 0 Å². The standard InChI is InChI=1S/C16H26N2O2/c1-2-18(14-7-3-4-8-14)11-15(19)12-20-16-9-5-6-13(17)10-16/h5-6,9-10,14-15,19H,2-4,7-8,11-12,17H2,1H3. The van der Waals surface area contributed by atoms with Crippen molar-refractivity contribution in [3.8, 4) is 5.75 Å². The van der Waals surface area contributed by atoms with Gasteiger partial charge in [0.25, 0.3) is 0 Å². The van der Waals surface area contributed by atoms with Gasteiger partial charge < -0.3 is 15.6 Å². The fourth-order valence-electron chi connectivity index (χ4n) is 2.93. The molecule has 0 amide bonds. The molecule has 0 bridgehead atoms. The molecular formula is C16H26N2O2. The summed E-state index contributed by atoms with van der Waals surface area (Å²) in [6.45, 7) is 4.14. The SMILES string of the molecule is CCN(CC(O)COc1cccc(N)c1)C1CCCC1. The Morgan fingerprint density at radius 3 is 2.80 bits per heavy atom. The quantitative estimate of drug-likeness (QED) is 0.751. The van der Waals surface area contributed by atoms with Crippen molar-refractivity contribution >= 4 is 5.69 Å². The van der Waals surface area contributed by atoms with E-state index in [9.17, 15) is 5.11 Å². The Hall–Kier alpha value is -1.26. The lowest BCUT2D eigenvalue weighted by molar-refractivity contribution is 0.0551. The first-order valence-corrected chi connectivity index (χ1v) is 7.59. The zero-order chi connectivity index (χ0) is 14.4. The van der Waals surface area contributed by atoms with Gasteiger partial charge in [-0.05, 0) is 31.5 Å². The van der Waals surface area contributed by atoms with E-state index in [0.717, 1.165) is 6.54 Å². The highest BCUT2D eigenvalue weighted by molar-refractivity contribution is 5.43. The van der Waals surface area contributed by atoms with E-state index in [0.29, 0.717) is 30.6 Å². The fraction of sp³-hybridized carbons (Fsp3) is 0.625. The Labute approximate surface area is 121 Å². The van der Waals surface area contributed by atoms with Gasteiger partial charge in [-0.1, -0.05) is 25.8 Å². The van der Waals surface area contributed by atoms with Crippen LogP contribution >= 0.6 is 0 Å². The summed E-state index contributed by atoms with van der Waals surface area (Å²) in [5, 5.41) is 10.1. The smallest absolute Gasteiger partial charge is 0.121 e. The van der Waals surface area contributed by atoms with Gasteiger partial charge in [0.2, 0.25) is 0 Å². The molecule has 1 aromatic rings. The first-order chi connectivity index (χ1) is 9.69. The Balaban J connectivity index is 1.77.